The van der Waals surface area contributed by atoms with Crippen molar-refractivity contribution < 1.29 is 14.2 Å². The van der Waals surface area contributed by atoms with Gasteiger partial charge in [0, 0.05) is 25.7 Å². The summed E-state index contributed by atoms with van der Waals surface area (Å²) in [4.78, 5) is 0. The summed E-state index contributed by atoms with van der Waals surface area (Å²) >= 11 is 0. The Hall–Kier alpha value is -1.92. The molecule has 0 bridgehead atoms. The number of nitrogens with one attached hydrogen (secondary N) is 1. The third kappa shape index (κ3) is 3.40. The summed E-state index contributed by atoms with van der Waals surface area (Å²) in [5.41, 5.74) is 3.03. The van der Waals surface area contributed by atoms with Crippen molar-refractivity contribution in [2.24, 2.45) is 7.05 Å². The number of methoxy groups -OCH3 is 1. The number of aliphatic hydroxyl groups excluding tert-OH is 1. The van der Waals surface area contributed by atoms with Crippen molar-refractivity contribution in [3.05, 3.63) is 46.4 Å². The van der Waals surface area contributed by atoms with Gasteiger partial charge in [-0.3, -0.25) is 0 Å². The number of benzene rings is 1. The highest BCUT2D eigenvalue weighted by atomic mass is 19.1. The molecule has 2 rings (SSSR count). The zero-order valence-electron chi connectivity index (χ0n) is 12.5. The van der Waals surface area contributed by atoms with Gasteiger partial charge in [0.1, 0.15) is 5.82 Å². The Bertz CT molecular complexity index is 626. The molecule has 0 fully saturated rings. The van der Waals surface area contributed by atoms with Gasteiger partial charge in [-0.25, -0.2) is 9.07 Å². The molecular formula is C15H20FN3O2. The van der Waals surface area contributed by atoms with Crippen molar-refractivity contribution in [1.29, 1.82) is 0 Å². The van der Waals surface area contributed by atoms with Gasteiger partial charge in [0.15, 0.2) is 0 Å². The highest BCUT2D eigenvalue weighted by Crippen LogP contribution is 2.20. The van der Waals surface area contributed by atoms with Crippen LogP contribution in [-0.4, -0.2) is 22.0 Å². The van der Waals surface area contributed by atoms with Crippen LogP contribution in [0.1, 0.15) is 22.4 Å². The predicted molar refractivity (Wildman–Crippen MR) is 77.4 cm³/mol. The molecule has 0 amide bonds. The van der Waals surface area contributed by atoms with Gasteiger partial charge in [0.05, 0.1) is 25.0 Å². The molecular weight excluding hydrogens is 273 g/mol. The maximum Gasteiger partial charge on any atom is 0.216 e. The van der Waals surface area contributed by atoms with Crippen LogP contribution in [0, 0.1) is 12.7 Å². The second-order valence-electron chi connectivity index (χ2n) is 4.88. The minimum atomic E-state index is -0.382. The molecule has 0 aliphatic heterocycles. The minimum absolute atomic E-state index is 0.286. The van der Waals surface area contributed by atoms with Gasteiger partial charge in [0.2, 0.25) is 5.88 Å². The number of aryl methyl sites for hydroxylation is 2. The first-order chi connectivity index (χ1) is 10.1. The number of ether oxygens (including phenoxy) is 1. The molecule has 1 heterocycles. The molecule has 6 heteroatoms. The Morgan fingerprint density at radius 3 is 2.76 bits per heavy atom. The van der Waals surface area contributed by atoms with E-state index in [0.29, 0.717) is 18.7 Å². The van der Waals surface area contributed by atoms with Crippen LogP contribution in [-0.2, 0) is 26.7 Å². The van der Waals surface area contributed by atoms with E-state index in [0.717, 1.165) is 22.7 Å². The normalized spacial score (nSPS) is 10.9. The van der Waals surface area contributed by atoms with E-state index in [1.807, 2.05) is 14.0 Å². The molecule has 21 heavy (non-hydrogen) atoms. The lowest BCUT2D eigenvalue weighted by molar-refractivity contribution is 0.275. The smallest absolute Gasteiger partial charge is 0.216 e. The molecule has 0 unspecified atom stereocenters. The maximum atomic E-state index is 13.6. The highest BCUT2D eigenvalue weighted by molar-refractivity contribution is 5.31. The molecule has 1 aromatic heterocycles. The fraction of sp³-hybridized carbons (Fsp3) is 0.400. The predicted octanol–water partition coefficient (Wildman–Crippen LogP) is 1.66. The van der Waals surface area contributed by atoms with Crippen molar-refractivity contribution in [2.75, 3.05) is 7.11 Å². The Labute approximate surface area is 123 Å². The lowest BCUT2D eigenvalue weighted by Crippen LogP contribution is -2.14. The van der Waals surface area contributed by atoms with Gasteiger partial charge in [-0.15, -0.1) is 0 Å². The number of aliphatic hydroxyl groups is 1. The van der Waals surface area contributed by atoms with Crippen molar-refractivity contribution >= 4 is 0 Å². The van der Waals surface area contributed by atoms with Gasteiger partial charge in [-0.05, 0) is 18.6 Å². The molecule has 0 saturated heterocycles. The van der Waals surface area contributed by atoms with Crippen LogP contribution < -0.4 is 10.1 Å². The number of hydrogen-bond donors (Lipinski definition) is 2. The summed E-state index contributed by atoms with van der Waals surface area (Å²) in [5.74, 6) is 0.341. The molecule has 0 spiro atoms. The van der Waals surface area contributed by atoms with Crippen molar-refractivity contribution in [2.45, 2.75) is 26.6 Å². The molecule has 114 valence electrons. The third-order valence-electron chi connectivity index (χ3n) is 3.40. The average molecular weight is 293 g/mol. The van der Waals surface area contributed by atoms with Crippen LogP contribution >= 0.6 is 0 Å². The first-order valence-electron chi connectivity index (χ1n) is 6.72. The van der Waals surface area contributed by atoms with Crippen molar-refractivity contribution in [3.63, 3.8) is 0 Å². The molecule has 0 radical (unpaired) electrons. The molecule has 0 saturated carbocycles. The summed E-state index contributed by atoms with van der Waals surface area (Å²) in [7, 11) is 3.45. The van der Waals surface area contributed by atoms with Crippen molar-refractivity contribution in [3.8, 4) is 5.88 Å². The zero-order valence-corrected chi connectivity index (χ0v) is 12.5. The van der Waals surface area contributed by atoms with E-state index in [1.165, 1.54) is 6.07 Å². The topological polar surface area (TPSA) is 59.3 Å². The Morgan fingerprint density at radius 1 is 1.38 bits per heavy atom. The van der Waals surface area contributed by atoms with E-state index in [4.69, 9.17) is 9.84 Å². The first kappa shape index (κ1) is 15.5. The van der Waals surface area contributed by atoms with Crippen LogP contribution in [0.4, 0.5) is 4.39 Å². The summed E-state index contributed by atoms with van der Waals surface area (Å²) in [6, 6.07) is 4.84. The lowest BCUT2D eigenvalue weighted by Gasteiger charge is -2.08. The van der Waals surface area contributed by atoms with Gasteiger partial charge < -0.3 is 15.2 Å². The summed E-state index contributed by atoms with van der Waals surface area (Å²) in [5, 5.41) is 16.5. The summed E-state index contributed by atoms with van der Waals surface area (Å²) < 4.78 is 20.6. The molecule has 2 N–H and O–H groups in total. The second-order valence-corrected chi connectivity index (χ2v) is 4.88. The Morgan fingerprint density at radius 2 is 2.14 bits per heavy atom. The fourth-order valence-electron chi connectivity index (χ4n) is 2.30. The number of hydrogen-bond acceptors (Lipinski definition) is 4. The minimum Gasteiger partial charge on any atom is -0.481 e. The Balaban J connectivity index is 2.00. The second kappa shape index (κ2) is 6.69. The molecule has 0 aliphatic rings. The monoisotopic (exact) mass is 293 g/mol. The van der Waals surface area contributed by atoms with Gasteiger partial charge in [-0.2, -0.15) is 5.10 Å². The van der Waals surface area contributed by atoms with Crippen LogP contribution in [0.5, 0.6) is 5.88 Å². The van der Waals surface area contributed by atoms with Gasteiger partial charge >= 0.3 is 0 Å². The van der Waals surface area contributed by atoms with E-state index in [2.05, 4.69) is 10.4 Å². The molecule has 5 nitrogen and oxygen atoms in total. The van der Waals surface area contributed by atoms with Crippen LogP contribution in [0.25, 0.3) is 0 Å². The maximum absolute atomic E-state index is 13.6. The van der Waals surface area contributed by atoms with E-state index in [1.54, 1.807) is 23.9 Å². The van der Waals surface area contributed by atoms with E-state index < -0.39 is 0 Å². The SMILES string of the molecule is COc1c(CNCc2ccc(CO)c(F)c2)c(C)nn1C. The number of nitrogens with zero attached hydrogens (tertiary/aromatic N) is 2. The molecule has 2 aromatic rings. The largest absolute Gasteiger partial charge is 0.481 e. The standard InChI is InChI=1S/C15H20FN3O2/c1-10-13(15(21-3)19(2)18-10)8-17-7-11-4-5-12(9-20)14(16)6-11/h4-6,17,20H,7-9H2,1-3H3. The quantitative estimate of drug-likeness (QED) is 0.850. The van der Waals surface area contributed by atoms with Crippen LogP contribution in [0.15, 0.2) is 18.2 Å². The van der Waals surface area contributed by atoms with Crippen molar-refractivity contribution in [1.82, 2.24) is 15.1 Å². The van der Waals surface area contributed by atoms with E-state index in [9.17, 15) is 4.39 Å². The summed E-state index contributed by atoms with van der Waals surface area (Å²) in [6.07, 6.45) is 0. The molecule has 0 atom stereocenters. The van der Waals surface area contributed by atoms with Gasteiger partial charge in [0.25, 0.3) is 0 Å². The van der Waals surface area contributed by atoms with E-state index in [-0.39, 0.29) is 12.4 Å². The number of halogens is 1. The number of aromatic nitrogens is 2. The van der Waals surface area contributed by atoms with Crippen LogP contribution in [0.3, 0.4) is 0 Å². The fourth-order valence-corrected chi connectivity index (χ4v) is 2.30. The zero-order chi connectivity index (χ0) is 15.4. The Kier molecular flexibility index (Phi) is 4.93. The van der Waals surface area contributed by atoms with Crippen LogP contribution in [0.2, 0.25) is 0 Å². The van der Waals surface area contributed by atoms with Gasteiger partial charge in [-0.1, -0.05) is 12.1 Å². The average Bonchev–Trinajstić information content (AvgIpc) is 2.73. The molecule has 0 aliphatic carbocycles. The summed E-state index contributed by atoms with van der Waals surface area (Å²) in [6.45, 7) is 2.76. The number of rotatable bonds is 6. The first-order valence-corrected chi connectivity index (χ1v) is 6.72. The lowest BCUT2D eigenvalue weighted by atomic mass is 10.1. The highest BCUT2D eigenvalue weighted by Gasteiger charge is 2.13. The third-order valence-corrected chi connectivity index (χ3v) is 3.40. The molecule has 1 aromatic carbocycles. The van der Waals surface area contributed by atoms with E-state index >= 15 is 0 Å².